The van der Waals surface area contributed by atoms with E-state index in [9.17, 15) is 4.79 Å². The molecule has 0 fully saturated rings. The summed E-state index contributed by atoms with van der Waals surface area (Å²) in [7, 11) is 3.28. The van der Waals surface area contributed by atoms with Gasteiger partial charge in [-0.1, -0.05) is 18.2 Å². The largest absolute Gasteiger partial charge is 0.496 e. The zero-order valence-electron chi connectivity index (χ0n) is 13.7. The SMILES string of the molecule is COc1cc(CCNC(=O)Nc2ccccc2)c(OC)cc1C. The van der Waals surface area contributed by atoms with Gasteiger partial charge in [0.15, 0.2) is 0 Å². The molecule has 0 aliphatic heterocycles. The van der Waals surface area contributed by atoms with Crippen LogP contribution in [0.15, 0.2) is 42.5 Å². The molecule has 0 radical (unpaired) electrons. The van der Waals surface area contributed by atoms with Crippen LogP contribution in [0.3, 0.4) is 0 Å². The first-order valence-electron chi connectivity index (χ1n) is 7.45. The summed E-state index contributed by atoms with van der Waals surface area (Å²) in [6.45, 7) is 2.47. The van der Waals surface area contributed by atoms with Crippen LogP contribution in [0.1, 0.15) is 11.1 Å². The van der Waals surface area contributed by atoms with Crippen LogP contribution in [0, 0.1) is 6.92 Å². The summed E-state index contributed by atoms with van der Waals surface area (Å²) < 4.78 is 10.7. The molecule has 0 atom stereocenters. The van der Waals surface area contributed by atoms with Crippen molar-refractivity contribution >= 4 is 11.7 Å². The van der Waals surface area contributed by atoms with Gasteiger partial charge in [0, 0.05) is 12.2 Å². The minimum Gasteiger partial charge on any atom is -0.496 e. The van der Waals surface area contributed by atoms with Crippen molar-refractivity contribution in [3.8, 4) is 11.5 Å². The van der Waals surface area contributed by atoms with Gasteiger partial charge in [0.1, 0.15) is 11.5 Å². The van der Waals surface area contributed by atoms with Crippen LogP contribution < -0.4 is 20.1 Å². The third-order valence-electron chi connectivity index (χ3n) is 3.51. The first kappa shape index (κ1) is 16.7. The fourth-order valence-corrected chi connectivity index (χ4v) is 2.32. The number of ether oxygens (including phenoxy) is 2. The minimum atomic E-state index is -0.228. The number of methoxy groups -OCH3 is 2. The van der Waals surface area contributed by atoms with Crippen molar-refractivity contribution in [1.82, 2.24) is 5.32 Å². The van der Waals surface area contributed by atoms with Crippen molar-refractivity contribution in [2.45, 2.75) is 13.3 Å². The maximum Gasteiger partial charge on any atom is 0.319 e. The molecule has 5 nitrogen and oxygen atoms in total. The molecule has 2 rings (SSSR count). The zero-order chi connectivity index (χ0) is 16.7. The van der Waals surface area contributed by atoms with Crippen molar-refractivity contribution in [1.29, 1.82) is 0 Å². The van der Waals surface area contributed by atoms with Crippen LogP contribution in [-0.2, 0) is 6.42 Å². The Morgan fingerprint density at radius 3 is 2.39 bits per heavy atom. The van der Waals surface area contributed by atoms with E-state index < -0.39 is 0 Å². The summed E-state index contributed by atoms with van der Waals surface area (Å²) in [6, 6.07) is 13.0. The lowest BCUT2D eigenvalue weighted by Crippen LogP contribution is -2.30. The Kier molecular flexibility index (Phi) is 5.86. The number of hydrogen-bond acceptors (Lipinski definition) is 3. The Balaban J connectivity index is 1.92. The van der Waals surface area contributed by atoms with Crippen LogP contribution in [0.2, 0.25) is 0 Å². The number of carbonyl (C=O) groups is 1. The second-order valence-corrected chi connectivity index (χ2v) is 5.13. The molecule has 0 aliphatic carbocycles. The van der Waals surface area contributed by atoms with E-state index >= 15 is 0 Å². The maximum atomic E-state index is 11.9. The molecule has 0 saturated heterocycles. The molecule has 122 valence electrons. The van der Waals surface area contributed by atoms with Crippen molar-refractivity contribution in [2.24, 2.45) is 0 Å². The molecular formula is C18H22N2O3. The lowest BCUT2D eigenvalue weighted by molar-refractivity contribution is 0.252. The molecule has 2 aromatic carbocycles. The van der Waals surface area contributed by atoms with E-state index in [1.807, 2.05) is 49.4 Å². The molecule has 0 aromatic heterocycles. The third kappa shape index (κ3) is 4.64. The first-order valence-corrected chi connectivity index (χ1v) is 7.45. The summed E-state index contributed by atoms with van der Waals surface area (Å²) in [5.41, 5.74) is 2.78. The standard InChI is InChI=1S/C18H22N2O3/c1-13-11-17(23-3)14(12-16(13)22-2)9-10-19-18(21)20-15-7-5-4-6-8-15/h4-8,11-12H,9-10H2,1-3H3,(H2,19,20,21). The number of anilines is 1. The predicted molar refractivity (Wildman–Crippen MR) is 91.5 cm³/mol. The number of aryl methyl sites for hydroxylation is 1. The first-order chi connectivity index (χ1) is 11.1. The van der Waals surface area contributed by atoms with Crippen LogP contribution in [0.25, 0.3) is 0 Å². The summed E-state index contributed by atoms with van der Waals surface area (Å²) in [6.07, 6.45) is 0.655. The fraction of sp³-hybridized carbons (Fsp3) is 0.278. The maximum absolute atomic E-state index is 11.9. The number of benzene rings is 2. The molecule has 5 heteroatoms. The van der Waals surface area contributed by atoms with E-state index in [1.54, 1.807) is 14.2 Å². The van der Waals surface area contributed by atoms with E-state index in [0.29, 0.717) is 13.0 Å². The van der Waals surface area contributed by atoms with Gasteiger partial charge in [-0.2, -0.15) is 0 Å². The molecule has 2 N–H and O–H groups in total. The molecule has 2 aromatic rings. The average Bonchev–Trinajstić information content (AvgIpc) is 2.56. The van der Waals surface area contributed by atoms with E-state index in [2.05, 4.69) is 10.6 Å². The second kappa shape index (κ2) is 8.08. The van der Waals surface area contributed by atoms with Crippen molar-refractivity contribution < 1.29 is 14.3 Å². The van der Waals surface area contributed by atoms with E-state index in [-0.39, 0.29) is 6.03 Å². The van der Waals surface area contributed by atoms with Crippen LogP contribution in [-0.4, -0.2) is 26.8 Å². The average molecular weight is 314 g/mol. The quantitative estimate of drug-likeness (QED) is 0.859. The number of hydrogen-bond donors (Lipinski definition) is 2. The Morgan fingerprint density at radius 1 is 1.04 bits per heavy atom. The summed E-state index contributed by atoms with van der Waals surface area (Å²) in [5.74, 6) is 1.61. The predicted octanol–water partition coefficient (Wildman–Crippen LogP) is 3.38. The van der Waals surface area contributed by atoms with Gasteiger partial charge >= 0.3 is 6.03 Å². The highest BCUT2D eigenvalue weighted by Gasteiger charge is 2.09. The van der Waals surface area contributed by atoms with Gasteiger partial charge in [0.25, 0.3) is 0 Å². The number of amides is 2. The van der Waals surface area contributed by atoms with Gasteiger partial charge in [-0.05, 0) is 48.7 Å². The van der Waals surface area contributed by atoms with Gasteiger partial charge in [0.2, 0.25) is 0 Å². The highest BCUT2D eigenvalue weighted by molar-refractivity contribution is 5.89. The second-order valence-electron chi connectivity index (χ2n) is 5.13. The van der Waals surface area contributed by atoms with Gasteiger partial charge in [-0.15, -0.1) is 0 Å². The topological polar surface area (TPSA) is 59.6 Å². The molecule has 2 amide bonds. The zero-order valence-corrected chi connectivity index (χ0v) is 13.7. The molecular weight excluding hydrogens is 292 g/mol. The lowest BCUT2D eigenvalue weighted by atomic mass is 10.1. The number of carbonyl (C=O) groups excluding carboxylic acids is 1. The molecule has 23 heavy (non-hydrogen) atoms. The Morgan fingerprint density at radius 2 is 1.74 bits per heavy atom. The Bertz CT molecular complexity index is 657. The summed E-state index contributed by atoms with van der Waals surface area (Å²) in [4.78, 5) is 11.9. The Hall–Kier alpha value is -2.69. The van der Waals surface area contributed by atoms with Gasteiger partial charge in [0.05, 0.1) is 14.2 Å². The Labute approximate surface area is 136 Å². The van der Waals surface area contributed by atoms with Crippen LogP contribution in [0.5, 0.6) is 11.5 Å². The highest BCUT2D eigenvalue weighted by Crippen LogP contribution is 2.28. The number of nitrogens with one attached hydrogen (secondary N) is 2. The molecule has 0 spiro atoms. The van der Waals surface area contributed by atoms with Crippen LogP contribution in [0.4, 0.5) is 10.5 Å². The molecule has 0 heterocycles. The number of para-hydroxylation sites is 1. The van der Waals surface area contributed by atoms with Crippen molar-refractivity contribution in [3.63, 3.8) is 0 Å². The lowest BCUT2D eigenvalue weighted by Gasteiger charge is -2.13. The van der Waals surface area contributed by atoms with Crippen molar-refractivity contribution in [2.75, 3.05) is 26.1 Å². The summed E-state index contributed by atoms with van der Waals surface area (Å²) >= 11 is 0. The third-order valence-corrected chi connectivity index (χ3v) is 3.51. The highest BCUT2D eigenvalue weighted by atomic mass is 16.5. The monoisotopic (exact) mass is 314 g/mol. The van der Waals surface area contributed by atoms with Gasteiger partial charge in [-0.3, -0.25) is 0 Å². The number of rotatable bonds is 6. The van der Waals surface area contributed by atoms with Crippen LogP contribution >= 0.6 is 0 Å². The normalized spacial score (nSPS) is 10.0. The fourth-order valence-electron chi connectivity index (χ4n) is 2.32. The van der Waals surface area contributed by atoms with E-state index in [4.69, 9.17) is 9.47 Å². The van der Waals surface area contributed by atoms with E-state index in [0.717, 1.165) is 28.3 Å². The van der Waals surface area contributed by atoms with Gasteiger partial charge in [-0.25, -0.2) is 4.79 Å². The smallest absolute Gasteiger partial charge is 0.319 e. The molecule has 0 unspecified atom stereocenters. The summed E-state index contributed by atoms with van der Waals surface area (Å²) in [5, 5.41) is 5.62. The van der Waals surface area contributed by atoms with Crippen molar-refractivity contribution in [3.05, 3.63) is 53.6 Å². The number of urea groups is 1. The minimum absolute atomic E-state index is 0.228. The van der Waals surface area contributed by atoms with E-state index in [1.165, 1.54) is 0 Å². The molecule has 0 bridgehead atoms. The molecule has 0 aliphatic rings. The van der Waals surface area contributed by atoms with Gasteiger partial charge < -0.3 is 20.1 Å². The molecule has 0 saturated carbocycles.